The topological polar surface area (TPSA) is 40.5 Å². The molecule has 122 valence electrons. The van der Waals surface area contributed by atoms with Gasteiger partial charge in [-0.25, -0.2) is 0 Å². The average molecular weight is 307 g/mol. The Kier molecular flexibility index (Phi) is 5.17. The van der Waals surface area contributed by atoms with Crippen molar-refractivity contribution in [3.63, 3.8) is 0 Å². The molecule has 1 N–H and O–H groups in total. The van der Waals surface area contributed by atoms with Gasteiger partial charge in [0.15, 0.2) is 0 Å². The molecule has 0 aromatic rings. The van der Waals surface area contributed by atoms with E-state index in [4.69, 9.17) is 5.11 Å². The van der Waals surface area contributed by atoms with Crippen LogP contribution in [-0.2, 0) is 4.79 Å². The van der Waals surface area contributed by atoms with Gasteiger partial charge in [0, 0.05) is 19.6 Å². The Bertz CT molecular complexity index is 372. The number of rotatable bonds is 4. The summed E-state index contributed by atoms with van der Waals surface area (Å²) in [6.45, 7) is 2.65. The van der Waals surface area contributed by atoms with E-state index in [0.717, 1.165) is 25.7 Å². The minimum absolute atomic E-state index is 0.0345. The summed E-state index contributed by atoms with van der Waals surface area (Å²) in [6.07, 6.45) is 1.19. The van der Waals surface area contributed by atoms with E-state index in [0.29, 0.717) is 18.4 Å². The molecule has 1 aliphatic carbocycles. The fraction of sp³-hybridized carbons (Fsp3) is 0.933. The van der Waals surface area contributed by atoms with Gasteiger partial charge in [0.05, 0.1) is 11.8 Å². The highest BCUT2D eigenvalue weighted by Crippen LogP contribution is 2.39. The number of likely N-dealkylation sites (tertiary alicyclic amines) is 1. The lowest BCUT2D eigenvalue weighted by molar-refractivity contribution is -0.188. The summed E-state index contributed by atoms with van der Waals surface area (Å²) in [5.74, 6) is -3.25. The van der Waals surface area contributed by atoms with E-state index in [-0.39, 0.29) is 13.1 Å². The van der Waals surface area contributed by atoms with Crippen LogP contribution in [0.4, 0.5) is 13.2 Å². The van der Waals surface area contributed by atoms with Crippen LogP contribution in [0.2, 0.25) is 0 Å². The highest BCUT2D eigenvalue weighted by atomic mass is 19.4. The number of carboxylic acids is 1. The van der Waals surface area contributed by atoms with Crippen LogP contribution in [0.3, 0.4) is 0 Å². The van der Waals surface area contributed by atoms with E-state index in [1.54, 1.807) is 4.90 Å². The summed E-state index contributed by atoms with van der Waals surface area (Å²) >= 11 is 0. The fourth-order valence-corrected chi connectivity index (χ4v) is 3.92. The molecule has 2 rings (SSSR count). The van der Waals surface area contributed by atoms with E-state index in [9.17, 15) is 18.0 Å². The van der Waals surface area contributed by atoms with Gasteiger partial charge < -0.3 is 10.0 Å². The van der Waals surface area contributed by atoms with Gasteiger partial charge in [-0.05, 0) is 24.7 Å². The molecular formula is C15H24F3NO2. The molecule has 3 nitrogen and oxygen atoms in total. The third-order valence-corrected chi connectivity index (χ3v) is 5.12. The highest BCUT2D eigenvalue weighted by molar-refractivity contribution is 5.71. The molecule has 0 aromatic carbocycles. The quantitative estimate of drug-likeness (QED) is 0.865. The number of alkyl halides is 3. The van der Waals surface area contributed by atoms with E-state index in [2.05, 4.69) is 6.92 Å². The van der Waals surface area contributed by atoms with Crippen molar-refractivity contribution in [2.75, 3.05) is 19.6 Å². The summed E-state index contributed by atoms with van der Waals surface area (Å²) in [6, 6.07) is 0. The number of hydrogen-bond acceptors (Lipinski definition) is 2. The monoisotopic (exact) mass is 307 g/mol. The molecule has 2 fully saturated rings. The van der Waals surface area contributed by atoms with E-state index in [1.165, 1.54) is 6.42 Å². The van der Waals surface area contributed by atoms with Crippen molar-refractivity contribution in [3.05, 3.63) is 0 Å². The first-order chi connectivity index (χ1) is 9.81. The SMILES string of the molecule is CCC1CCCC(CN2C[C@@H](C(F)(F)F)[C@H](C(=O)O)C2)C1. The predicted molar refractivity (Wildman–Crippen MR) is 72.8 cm³/mol. The van der Waals surface area contributed by atoms with E-state index in [1.807, 2.05) is 0 Å². The van der Waals surface area contributed by atoms with Crippen molar-refractivity contribution in [2.45, 2.75) is 45.2 Å². The summed E-state index contributed by atoms with van der Waals surface area (Å²) in [7, 11) is 0. The Hall–Kier alpha value is -0.780. The molecule has 1 saturated carbocycles. The first kappa shape index (κ1) is 16.6. The third kappa shape index (κ3) is 4.11. The van der Waals surface area contributed by atoms with Gasteiger partial charge in [0.2, 0.25) is 0 Å². The molecule has 1 saturated heterocycles. The molecule has 2 unspecified atom stereocenters. The molecule has 0 bridgehead atoms. The number of hydrogen-bond donors (Lipinski definition) is 1. The smallest absolute Gasteiger partial charge is 0.393 e. The Labute approximate surface area is 123 Å². The maximum atomic E-state index is 12.9. The molecule has 21 heavy (non-hydrogen) atoms. The molecule has 0 radical (unpaired) electrons. The minimum atomic E-state index is -4.42. The number of halogens is 3. The van der Waals surface area contributed by atoms with Crippen LogP contribution in [0, 0.1) is 23.7 Å². The zero-order valence-corrected chi connectivity index (χ0v) is 12.4. The molecule has 2 aliphatic rings. The van der Waals surface area contributed by atoms with Gasteiger partial charge in [0.25, 0.3) is 0 Å². The first-order valence-corrected chi connectivity index (χ1v) is 7.83. The lowest BCUT2D eigenvalue weighted by Crippen LogP contribution is -2.34. The lowest BCUT2D eigenvalue weighted by Gasteiger charge is -2.31. The summed E-state index contributed by atoms with van der Waals surface area (Å²) in [5, 5.41) is 9.02. The molecule has 0 amide bonds. The zero-order chi connectivity index (χ0) is 15.6. The summed E-state index contributed by atoms with van der Waals surface area (Å²) < 4.78 is 38.8. The molecule has 6 heteroatoms. The van der Waals surface area contributed by atoms with E-state index < -0.39 is 24.0 Å². The minimum Gasteiger partial charge on any atom is -0.481 e. The molecule has 0 aromatic heterocycles. The highest BCUT2D eigenvalue weighted by Gasteiger charge is 2.52. The first-order valence-electron chi connectivity index (χ1n) is 7.83. The standard InChI is InChI=1S/C15H24F3NO2/c1-2-10-4-3-5-11(6-10)7-19-8-12(14(20)21)13(9-19)15(16,17)18/h10-13H,2-9H2,1H3,(H,20,21)/t10?,11?,12-,13-/m1/s1. The Morgan fingerprint density at radius 2 is 1.90 bits per heavy atom. The Balaban J connectivity index is 1.94. The molecule has 1 aliphatic heterocycles. The van der Waals surface area contributed by atoms with Crippen LogP contribution in [0.15, 0.2) is 0 Å². The fourth-order valence-electron chi connectivity index (χ4n) is 3.92. The van der Waals surface area contributed by atoms with Crippen molar-refractivity contribution in [3.8, 4) is 0 Å². The molecule has 0 spiro atoms. The van der Waals surface area contributed by atoms with Gasteiger partial charge >= 0.3 is 12.1 Å². The number of carbonyl (C=O) groups is 1. The van der Waals surface area contributed by atoms with Crippen molar-refractivity contribution in [2.24, 2.45) is 23.7 Å². The zero-order valence-electron chi connectivity index (χ0n) is 12.4. The largest absolute Gasteiger partial charge is 0.481 e. The van der Waals surface area contributed by atoms with Crippen LogP contribution in [-0.4, -0.2) is 41.8 Å². The van der Waals surface area contributed by atoms with Crippen LogP contribution < -0.4 is 0 Å². The van der Waals surface area contributed by atoms with Crippen LogP contribution in [0.5, 0.6) is 0 Å². The third-order valence-electron chi connectivity index (χ3n) is 5.12. The second-order valence-electron chi connectivity index (χ2n) is 6.62. The lowest BCUT2D eigenvalue weighted by atomic mass is 9.80. The van der Waals surface area contributed by atoms with Gasteiger partial charge in [0.1, 0.15) is 0 Å². The molecular weight excluding hydrogens is 283 g/mol. The Morgan fingerprint density at radius 1 is 1.24 bits per heavy atom. The second-order valence-corrected chi connectivity index (χ2v) is 6.62. The predicted octanol–water partition coefficient (Wildman–Crippen LogP) is 3.40. The van der Waals surface area contributed by atoms with Crippen LogP contribution in [0.1, 0.15) is 39.0 Å². The van der Waals surface area contributed by atoms with Crippen LogP contribution >= 0.6 is 0 Å². The summed E-state index contributed by atoms with van der Waals surface area (Å²) in [4.78, 5) is 12.8. The number of aliphatic carboxylic acids is 1. The average Bonchev–Trinajstić information content (AvgIpc) is 2.83. The van der Waals surface area contributed by atoms with Gasteiger partial charge in [-0.2, -0.15) is 13.2 Å². The van der Waals surface area contributed by atoms with Gasteiger partial charge in [-0.1, -0.05) is 26.2 Å². The van der Waals surface area contributed by atoms with Crippen molar-refractivity contribution >= 4 is 5.97 Å². The number of carboxylic acid groups (broad SMARTS) is 1. The summed E-state index contributed by atoms with van der Waals surface area (Å²) in [5.41, 5.74) is 0. The van der Waals surface area contributed by atoms with Gasteiger partial charge in [-0.15, -0.1) is 0 Å². The Morgan fingerprint density at radius 3 is 2.43 bits per heavy atom. The molecule has 1 heterocycles. The second kappa shape index (κ2) is 6.55. The molecule has 4 atom stereocenters. The normalized spacial score (nSPS) is 35.0. The van der Waals surface area contributed by atoms with Crippen molar-refractivity contribution in [1.29, 1.82) is 0 Å². The van der Waals surface area contributed by atoms with Gasteiger partial charge in [-0.3, -0.25) is 4.79 Å². The van der Waals surface area contributed by atoms with Crippen molar-refractivity contribution < 1.29 is 23.1 Å². The number of nitrogens with zero attached hydrogens (tertiary/aromatic N) is 1. The van der Waals surface area contributed by atoms with Crippen LogP contribution in [0.25, 0.3) is 0 Å². The maximum Gasteiger partial charge on any atom is 0.393 e. The maximum absolute atomic E-state index is 12.9. The van der Waals surface area contributed by atoms with E-state index >= 15 is 0 Å². The van der Waals surface area contributed by atoms with Crippen molar-refractivity contribution in [1.82, 2.24) is 4.90 Å².